The van der Waals surface area contributed by atoms with Crippen LogP contribution in [0.5, 0.6) is 28.7 Å². The average molecular weight is 553 g/mol. The second-order valence-electron chi connectivity index (χ2n) is 10.3. The van der Waals surface area contributed by atoms with Crippen LogP contribution in [-0.4, -0.2) is 42.6 Å². The van der Waals surface area contributed by atoms with E-state index in [1.165, 1.54) is 6.42 Å². The van der Waals surface area contributed by atoms with Crippen LogP contribution in [0.2, 0.25) is 0 Å². The van der Waals surface area contributed by atoms with Crippen molar-refractivity contribution in [3.8, 4) is 28.7 Å². The molecule has 0 saturated heterocycles. The van der Waals surface area contributed by atoms with Gasteiger partial charge in [0.05, 0.1) is 26.4 Å². The molecule has 1 rings (SSSR count). The fourth-order valence-electron chi connectivity index (χ4n) is 4.37. The largest absolute Gasteiger partial charge is 0.503 e. The molecule has 0 fully saturated rings. The maximum Gasteiger partial charge on any atom is 0.343 e. The van der Waals surface area contributed by atoms with Crippen LogP contribution in [0, 0.1) is 0 Å². The van der Waals surface area contributed by atoms with E-state index in [1.807, 2.05) is 0 Å². The van der Waals surface area contributed by atoms with Gasteiger partial charge in [0.1, 0.15) is 0 Å². The molecule has 0 radical (unpaired) electrons. The number of aromatic carboxylic acids is 1. The summed E-state index contributed by atoms with van der Waals surface area (Å²) in [4.78, 5) is 12.4. The minimum absolute atomic E-state index is 0.0332. The highest BCUT2D eigenvalue weighted by Crippen LogP contribution is 2.53. The van der Waals surface area contributed by atoms with Crippen molar-refractivity contribution in [3.05, 3.63) is 5.56 Å². The Morgan fingerprint density at radius 1 is 0.487 bits per heavy atom. The second-order valence-corrected chi connectivity index (χ2v) is 10.3. The quantitative estimate of drug-likeness (QED) is 0.111. The molecule has 7 heteroatoms. The molecule has 0 atom stereocenters. The van der Waals surface area contributed by atoms with Gasteiger partial charge in [0, 0.05) is 0 Å². The highest BCUT2D eigenvalue weighted by Gasteiger charge is 2.32. The Bertz CT molecular complexity index is 779. The molecule has 2 N–H and O–H groups in total. The minimum Gasteiger partial charge on any atom is -0.503 e. The van der Waals surface area contributed by atoms with Crippen molar-refractivity contribution in [3.63, 3.8) is 0 Å². The molecule has 0 heterocycles. The van der Waals surface area contributed by atoms with E-state index >= 15 is 0 Å². The summed E-state index contributed by atoms with van der Waals surface area (Å²) < 4.78 is 24.5. The highest BCUT2D eigenvalue weighted by molar-refractivity contribution is 5.97. The zero-order chi connectivity index (χ0) is 28.7. The Morgan fingerprint density at radius 3 is 1.18 bits per heavy atom. The van der Waals surface area contributed by atoms with E-state index in [1.54, 1.807) is 0 Å². The van der Waals surface area contributed by atoms with Gasteiger partial charge < -0.3 is 29.2 Å². The average Bonchev–Trinajstić information content (AvgIpc) is 2.92. The molecule has 0 amide bonds. The number of unbranched alkanes of at least 4 members (excludes halogenated alkanes) is 13. The van der Waals surface area contributed by atoms with Crippen molar-refractivity contribution in [2.75, 3.05) is 26.4 Å². The van der Waals surface area contributed by atoms with Gasteiger partial charge in [-0.05, 0) is 25.7 Å². The number of phenols is 1. The van der Waals surface area contributed by atoms with Gasteiger partial charge in [0.2, 0.25) is 17.2 Å². The van der Waals surface area contributed by atoms with Crippen molar-refractivity contribution in [1.82, 2.24) is 0 Å². The van der Waals surface area contributed by atoms with Gasteiger partial charge >= 0.3 is 5.97 Å². The van der Waals surface area contributed by atoms with Crippen molar-refractivity contribution < 1.29 is 34.0 Å². The molecular weight excluding hydrogens is 496 g/mol. The fourth-order valence-corrected chi connectivity index (χ4v) is 4.37. The van der Waals surface area contributed by atoms with Crippen molar-refractivity contribution in [1.29, 1.82) is 0 Å². The number of benzene rings is 1. The SMILES string of the molecule is CCCCCCCOc1c(O)c(C(=O)O)c(OCCCCCC)c(OCCCCCC)c1OCCCCCC. The van der Waals surface area contributed by atoms with Crippen LogP contribution in [0.25, 0.3) is 0 Å². The van der Waals surface area contributed by atoms with E-state index in [0.29, 0.717) is 26.4 Å². The number of hydrogen-bond donors (Lipinski definition) is 2. The van der Waals surface area contributed by atoms with E-state index in [4.69, 9.17) is 18.9 Å². The van der Waals surface area contributed by atoms with Crippen LogP contribution in [0.1, 0.15) is 147 Å². The first-order chi connectivity index (χ1) is 19.0. The first-order valence-corrected chi connectivity index (χ1v) is 15.7. The monoisotopic (exact) mass is 552 g/mol. The molecule has 0 aromatic heterocycles. The summed E-state index contributed by atoms with van der Waals surface area (Å²) in [5, 5.41) is 21.3. The van der Waals surface area contributed by atoms with Gasteiger partial charge in [-0.2, -0.15) is 0 Å². The molecule has 0 spiro atoms. The van der Waals surface area contributed by atoms with Crippen molar-refractivity contribution >= 4 is 5.97 Å². The lowest BCUT2D eigenvalue weighted by atomic mass is 10.1. The lowest BCUT2D eigenvalue weighted by molar-refractivity contribution is 0.0685. The maximum absolute atomic E-state index is 12.4. The Hall–Kier alpha value is -2.31. The van der Waals surface area contributed by atoms with Crippen LogP contribution in [0.3, 0.4) is 0 Å². The van der Waals surface area contributed by atoms with Crippen LogP contribution >= 0.6 is 0 Å². The summed E-state index contributed by atoms with van der Waals surface area (Å²) >= 11 is 0. The smallest absolute Gasteiger partial charge is 0.343 e. The molecule has 0 saturated carbocycles. The van der Waals surface area contributed by atoms with Crippen LogP contribution in [-0.2, 0) is 0 Å². The maximum atomic E-state index is 12.4. The molecule has 0 aliphatic heterocycles. The summed E-state index contributed by atoms with van der Waals surface area (Å²) in [5.74, 6) is -1.18. The van der Waals surface area contributed by atoms with Gasteiger partial charge in [0.15, 0.2) is 17.1 Å². The summed E-state index contributed by atoms with van der Waals surface area (Å²) in [7, 11) is 0. The lowest BCUT2D eigenvalue weighted by Crippen LogP contribution is -2.13. The Kier molecular flexibility index (Phi) is 20.0. The number of hydrogen-bond acceptors (Lipinski definition) is 6. The van der Waals surface area contributed by atoms with E-state index < -0.39 is 11.7 Å². The molecule has 1 aromatic rings. The van der Waals surface area contributed by atoms with E-state index in [-0.39, 0.29) is 28.6 Å². The van der Waals surface area contributed by atoms with E-state index in [9.17, 15) is 15.0 Å². The molecule has 0 aliphatic rings. The number of ether oxygens (including phenoxy) is 4. The zero-order valence-electron chi connectivity index (χ0n) is 25.3. The number of carbonyl (C=O) groups is 1. The van der Waals surface area contributed by atoms with E-state index in [2.05, 4.69) is 27.7 Å². The Labute approximate surface area is 237 Å². The van der Waals surface area contributed by atoms with Gasteiger partial charge in [-0.15, -0.1) is 0 Å². The third-order valence-electron chi connectivity index (χ3n) is 6.74. The Morgan fingerprint density at radius 2 is 0.795 bits per heavy atom. The summed E-state index contributed by atoms with van der Waals surface area (Å²) in [6.45, 7) is 10.1. The number of aromatic hydroxyl groups is 1. The lowest BCUT2D eigenvalue weighted by Gasteiger charge is -2.23. The molecule has 7 nitrogen and oxygen atoms in total. The molecule has 0 aliphatic carbocycles. The number of rotatable bonds is 26. The van der Waals surface area contributed by atoms with Gasteiger partial charge in [0.25, 0.3) is 0 Å². The van der Waals surface area contributed by atoms with Crippen molar-refractivity contribution in [2.45, 2.75) is 137 Å². The topological polar surface area (TPSA) is 94.5 Å². The first kappa shape index (κ1) is 34.7. The molecular formula is C32H56O7. The van der Waals surface area contributed by atoms with Crippen LogP contribution < -0.4 is 18.9 Å². The number of carboxylic acid groups (broad SMARTS) is 1. The molecule has 226 valence electrons. The fraction of sp³-hybridized carbons (Fsp3) is 0.781. The van der Waals surface area contributed by atoms with Gasteiger partial charge in [-0.3, -0.25) is 0 Å². The number of carboxylic acids is 1. The third-order valence-corrected chi connectivity index (χ3v) is 6.74. The predicted octanol–water partition coefficient (Wildman–Crippen LogP) is 9.32. The minimum atomic E-state index is -1.28. The van der Waals surface area contributed by atoms with Crippen LogP contribution in [0.4, 0.5) is 0 Å². The molecule has 0 unspecified atom stereocenters. The molecule has 1 aromatic carbocycles. The molecule has 39 heavy (non-hydrogen) atoms. The van der Waals surface area contributed by atoms with Gasteiger partial charge in [-0.1, -0.05) is 111 Å². The zero-order valence-corrected chi connectivity index (χ0v) is 25.3. The summed E-state index contributed by atoms with van der Waals surface area (Å²) in [6.07, 6.45) is 17.3. The predicted molar refractivity (Wildman–Crippen MR) is 158 cm³/mol. The summed E-state index contributed by atoms with van der Waals surface area (Å²) in [5.41, 5.74) is -0.326. The summed E-state index contributed by atoms with van der Waals surface area (Å²) in [6, 6.07) is 0. The molecule has 0 bridgehead atoms. The van der Waals surface area contributed by atoms with Crippen LogP contribution in [0.15, 0.2) is 0 Å². The Balaban J connectivity index is 3.38. The highest BCUT2D eigenvalue weighted by atomic mass is 16.6. The standard InChI is InChI=1S/C32H56O7/c1-5-9-13-17-21-23-37-29-27(33)26(32(34)35)28(36-22-18-14-10-6-2)30(38-24-19-15-11-7-3)31(29)39-25-20-16-12-8-4/h33H,5-25H2,1-4H3,(H,34,35). The third kappa shape index (κ3) is 13.5. The second kappa shape index (κ2) is 22.5. The van der Waals surface area contributed by atoms with Crippen molar-refractivity contribution in [2.24, 2.45) is 0 Å². The normalized spacial score (nSPS) is 11.0. The van der Waals surface area contributed by atoms with Gasteiger partial charge in [-0.25, -0.2) is 4.79 Å². The van der Waals surface area contributed by atoms with E-state index in [0.717, 1.165) is 103 Å². The first-order valence-electron chi connectivity index (χ1n) is 15.7.